The van der Waals surface area contributed by atoms with Crippen LogP contribution < -0.4 is 10.1 Å². The Morgan fingerprint density at radius 1 is 0.906 bits per heavy atom. The van der Waals surface area contributed by atoms with Crippen molar-refractivity contribution in [1.82, 2.24) is 0 Å². The molecule has 9 heteroatoms. The maximum absolute atomic E-state index is 13.1. The van der Waals surface area contributed by atoms with Crippen LogP contribution >= 0.6 is 11.6 Å². The van der Waals surface area contributed by atoms with Crippen molar-refractivity contribution in [2.24, 2.45) is 0 Å². The minimum absolute atomic E-state index is 0.151. The maximum atomic E-state index is 13.1. The summed E-state index contributed by atoms with van der Waals surface area (Å²) in [5, 5.41) is 1.76. The van der Waals surface area contributed by atoms with Gasteiger partial charge in [0.1, 0.15) is 12.4 Å². The third-order valence-electron chi connectivity index (χ3n) is 4.26. The Kier molecular flexibility index (Phi) is 7.37. The lowest BCUT2D eigenvalue weighted by Crippen LogP contribution is -2.23. The normalized spacial score (nSPS) is 11.0. The summed E-state index contributed by atoms with van der Waals surface area (Å²) in [6.45, 7) is -0.430. The zero-order valence-corrected chi connectivity index (χ0v) is 17.2. The standard InChI is InChI=1S/C23H17ClF3NO4/c24-19-8-4-7-18(23(25,26)27)21(19)28-20(29)14-32-22(30)16-9-11-17(12-10-16)31-13-15-5-2-1-3-6-15/h1-12H,13-14H2,(H,28,29). The van der Waals surface area contributed by atoms with Gasteiger partial charge in [0, 0.05) is 0 Å². The molecule has 3 aromatic rings. The van der Waals surface area contributed by atoms with E-state index in [1.54, 1.807) is 12.1 Å². The average molecular weight is 464 g/mol. The number of esters is 1. The minimum Gasteiger partial charge on any atom is -0.489 e. The molecule has 32 heavy (non-hydrogen) atoms. The first-order chi connectivity index (χ1) is 15.2. The first-order valence-corrected chi connectivity index (χ1v) is 9.71. The van der Waals surface area contributed by atoms with Gasteiger partial charge in [-0.05, 0) is 42.0 Å². The van der Waals surface area contributed by atoms with E-state index in [1.807, 2.05) is 35.6 Å². The molecule has 0 aromatic heterocycles. The first-order valence-electron chi connectivity index (χ1n) is 9.33. The van der Waals surface area contributed by atoms with Gasteiger partial charge in [0.15, 0.2) is 6.61 Å². The predicted molar refractivity (Wildman–Crippen MR) is 113 cm³/mol. The van der Waals surface area contributed by atoms with E-state index in [2.05, 4.69) is 0 Å². The van der Waals surface area contributed by atoms with Crippen molar-refractivity contribution in [3.63, 3.8) is 0 Å². The van der Waals surface area contributed by atoms with E-state index in [1.165, 1.54) is 18.2 Å². The second-order valence-corrected chi connectivity index (χ2v) is 6.99. The summed E-state index contributed by atoms with van der Waals surface area (Å²) < 4.78 is 49.8. The number of carbonyl (C=O) groups excluding carboxylic acids is 2. The highest BCUT2D eigenvalue weighted by Gasteiger charge is 2.34. The molecule has 0 spiro atoms. The van der Waals surface area contributed by atoms with E-state index in [0.29, 0.717) is 12.4 Å². The molecule has 0 fully saturated rings. The molecule has 0 unspecified atom stereocenters. The number of hydrogen-bond acceptors (Lipinski definition) is 4. The van der Waals surface area contributed by atoms with Crippen molar-refractivity contribution in [3.8, 4) is 5.75 Å². The number of rotatable bonds is 7. The quantitative estimate of drug-likeness (QED) is 0.454. The fourth-order valence-electron chi connectivity index (χ4n) is 2.71. The van der Waals surface area contributed by atoms with Gasteiger partial charge in [-0.15, -0.1) is 0 Å². The molecule has 1 amide bonds. The van der Waals surface area contributed by atoms with Crippen molar-refractivity contribution in [1.29, 1.82) is 0 Å². The number of amides is 1. The molecule has 3 rings (SSSR count). The molecule has 3 aromatic carbocycles. The Morgan fingerprint density at radius 3 is 2.25 bits per heavy atom. The Hall–Kier alpha value is -3.52. The molecule has 5 nitrogen and oxygen atoms in total. The van der Waals surface area contributed by atoms with Crippen molar-refractivity contribution in [3.05, 3.63) is 94.5 Å². The Balaban J connectivity index is 1.54. The number of carbonyl (C=O) groups is 2. The molecule has 0 heterocycles. The monoisotopic (exact) mass is 463 g/mol. The molecule has 166 valence electrons. The van der Waals surface area contributed by atoms with Crippen molar-refractivity contribution < 1.29 is 32.2 Å². The Bertz CT molecular complexity index is 1090. The molecular formula is C23H17ClF3NO4. The SMILES string of the molecule is O=C(COC(=O)c1ccc(OCc2ccccc2)cc1)Nc1c(Cl)cccc1C(F)(F)F. The first kappa shape index (κ1) is 23.1. The van der Waals surface area contributed by atoms with Crippen LogP contribution in [0.3, 0.4) is 0 Å². The largest absolute Gasteiger partial charge is 0.489 e. The molecule has 0 bridgehead atoms. The Morgan fingerprint density at radius 2 is 1.59 bits per heavy atom. The lowest BCUT2D eigenvalue weighted by atomic mass is 10.1. The molecule has 1 N–H and O–H groups in total. The summed E-state index contributed by atoms with van der Waals surface area (Å²) >= 11 is 5.78. The van der Waals surface area contributed by atoms with Crippen LogP contribution in [0, 0.1) is 0 Å². The van der Waals surface area contributed by atoms with Crippen molar-refractivity contribution in [2.75, 3.05) is 11.9 Å². The number of hydrogen-bond donors (Lipinski definition) is 1. The lowest BCUT2D eigenvalue weighted by molar-refractivity contribution is -0.137. The average Bonchev–Trinajstić information content (AvgIpc) is 2.77. The third kappa shape index (κ3) is 6.24. The van der Waals surface area contributed by atoms with E-state index in [-0.39, 0.29) is 10.6 Å². The fourth-order valence-corrected chi connectivity index (χ4v) is 2.93. The summed E-state index contributed by atoms with van der Waals surface area (Å²) in [5.41, 5.74) is -0.564. The van der Waals surface area contributed by atoms with Crippen LogP contribution in [0.15, 0.2) is 72.8 Å². The van der Waals surface area contributed by atoms with E-state index in [0.717, 1.165) is 17.7 Å². The topological polar surface area (TPSA) is 64.6 Å². The van der Waals surface area contributed by atoms with Gasteiger partial charge in [0.2, 0.25) is 0 Å². The summed E-state index contributed by atoms with van der Waals surface area (Å²) in [5.74, 6) is -1.24. The highest BCUT2D eigenvalue weighted by molar-refractivity contribution is 6.34. The van der Waals surface area contributed by atoms with E-state index >= 15 is 0 Å². The van der Waals surface area contributed by atoms with E-state index in [4.69, 9.17) is 21.1 Å². The number of halogens is 4. The Labute approximate surface area is 186 Å². The second kappa shape index (κ2) is 10.2. The highest BCUT2D eigenvalue weighted by Crippen LogP contribution is 2.38. The number of ether oxygens (including phenoxy) is 2. The van der Waals surface area contributed by atoms with Crippen molar-refractivity contribution >= 4 is 29.2 Å². The zero-order valence-electron chi connectivity index (χ0n) is 16.5. The highest BCUT2D eigenvalue weighted by atomic mass is 35.5. The lowest BCUT2D eigenvalue weighted by Gasteiger charge is -2.15. The van der Waals surface area contributed by atoms with Crippen molar-refractivity contribution in [2.45, 2.75) is 12.8 Å². The number of para-hydroxylation sites is 1. The van der Waals surface area contributed by atoms with Gasteiger partial charge in [-0.2, -0.15) is 13.2 Å². The van der Waals surface area contributed by atoms with Crippen LogP contribution in [-0.4, -0.2) is 18.5 Å². The van der Waals surface area contributed by atoms with Crippen LogP contribution in [0.1, 0.15) is 21.5 Å². The number of alkyl halides is 3. The third-order valence-corrected chi connectivity index (χ3v) is 4.57. The van der Waals surface area contributed by atoms with Crippen LogP contribution in [0.5, 0.6) is 5.75 Å². The van der Waals surface area contributed by atoms with Gasteiger partial charge in [-0.25, -0.2) is 4.79 Å². The molecule has 0 atom stereocenters. The van der Waals surface area contributed by atoms with Gasteiger partial charge in [-0.3, -0.25) is 4.79 Å². The van der Waals surface area contributed by atoms with E-state index < -0.39 is 35.9 Å². The second-order valence-electron chi connectivity index (χ2n) is 6.58. The molecule has 0 saturated carbocycles. The zero-order chi connectivity index (χ0) is 23.1. The van der Waals surface area contributed by atoms with Crippen LogP contribution in [-0.2, 0) is 22.3 Å². The van der Waals surface area contributed by atoms with Crippen LogP contribution in [0.4, 0.5) is 18.9 Å². The smallest absolute Gasteiger partial charge is 0.418 e. The van der Waals surface area contributed by atoms with Gasteiger partial charge in [0.05, 0.1) is 21.8 Å². The summed E-state index contributed by atoms with van der Waals surface area (Å²) in [4.78, 5) is 24.2. The summed E-state index contributed by atoms with van der Waals surface area (Å²) in [7, 11) is 0. The number of nitrogens with one attached hydrogen (secondary N) is 1. The number of benzene rings is 3. The maximum Gasteiger partial charge on any atom is 0.418 e. The molecule has 0 aliphatic heterocycles. The van der Waals surface area contributed by atoms with Gasteiger partial charge in [0.25, 0.3) is 5.91 Å². The molecule has 0 radical (unpaired) electrons. The van der Waals surface area contributed by atoms with Crippen LogP contribution in [0.2, 0.25) is 5.02 Å². The van der Waals surface area contributed by atoms with Crippen LogP contribution in [0.25, 0.3) is 0 Å². The molecule has 0 aliphatic rings. The molecule has 0 aliphatic carbocycles. The minimum atomic E-state index is -4.71. The van der Waals surface area contributed by atoms with E-state index in [9.17, 15) is 22.8 Å². The van der Waals surface area contributed by atoms with Gasteiger partial charge < -0.3 is 14.8 Å². The fraction of sp³-hybridized carbons (Fsp3) is 0.130. The summed E-state index contributed by atoms with van der Waals surface area (Å²) in [6.07, 6.45) is -4.71. The number of anilines is 1. The van der Waals surface area contributed by atoms with Gasteiger partial charge >= 0.3 is 12.1 Å². The molecular weight excluding hydrogens is 447 g/mol. The molecule has 0 saturated heterocycles. The van der Waals surface area contributed by atoms with Gasteiger partial charge in [-0.1, -0.05) is 48.0 Å². The summed E-state index contributed by atoms with van der Waals surface area (Å²) in [6, 6.07) is 18.7. The predicted octanol–water partition coefficient (Wildman–Crippen LogP) is 5.73.